The summed E-state index contributed by atoms with van der Waals surface area (Å²) in [6.07, 6.45) is 9.24. The van der Waals surface area contributed by atoms with Crippen molar-refractivity contribution in [2.45, 2.75) is 31.7 Å². The first kappa shape index (κ1) is 23.7. The molecule has 190 valence electrons. The number of carbonyl (C=O) groups excluding carboxylic acids is 1. The molecule has 0 bridgehead atoms. The highest BCUT2D eigenvalue weighted by atomic mass is 16.5. The first-order valence-corrected chi connectivity index (χ1v) is 13.0. The zero-order chi connectivity index (χ0) is 26.1. The molecule has 2 fully saturated rings. The van der Waals surface area contributed by atoms with Crippen LogP contribution in [0.5, 0.6) is 11.5 Å². The summed E-state index contributed by atoms with van der Waals surface area (Å²) in [4.78, 5) is 23.8. The van der Waals surface area contributed by atoms with Gasteiger partial charge in [-0.2, -0.15) is 5.26 Å². The minimum absolute atomic E-state index is 0.0137. The Balaban J connectivity index is 1.30. The predicted octanol–water partition coefficient (Wildman–Crippen LogP) is 5.50. The van der Waals surface area contributed by atoms with Crippen LogP contribution in [0.4, 0.5) is 5.82 Å². The number of amides is 1. The van der Waals surface area contributed by atoms with Crippen LogP contribution in [0.1, 0.15) is 31.7 Å². The fourth-order valence-corrected chi connectivity index (χ4v) is 5.12. The number of hydrogen-bond donors (Lipinski definition) is 1. The number of benzene rings is 2. The number of nitriles is 1. The van der Waals surface area contributed by atoms with Crippen molar-refractivity contribution in [2.24, 2.45) is 5.92 Å². The molecule has 1 amide bonds. The summed E-state index contributed by atoms with van der Waals surface area (Å²) in [5, 5.41) is 10.4. The van der Waals surface area contributed by atoms with Gasteiger partial charge in [-0.1, -0.05) is 36.4 Å². The number of hydrogen-bond acceptors (Lipinski definition) is 6. The van der Waals surface area contributed by atoms with Crippen molar-refractivity contribution in [3.63, 3.8) is 0 Å². The van der Waals surface area contributed by atoms with Gasteiger partial charge in [0.2, 0.25) is 0 Å². The van der Waals surface area contributed by atoms with E-state index < -0.39 is 0 Å². The van der Waals surface area contributed by atoms with E-state index in [0.717, 1.165) is 59.3 Å². The van der Waals surface area contributed by atoms with Gasteiger partial charge in [-0.05, 0) is 61.4 Å². The second-order valence-electron chi connectivity index (χ2n) is 9.92. The smallest absolute Gasteiger partial charge is 0.264 e. The van der Waals surface area contributed by atoms with Crippen molar-refractivity contribution < 1.29 is 9.53 Å². The number of para-hydroxylation sites is 1. The molecule has 1 saturated heterocycles. The van der Waals surface area contributed by atoms with Crippen molar-refractivity contribution in [2.75, 3.05) is 18.8 Å². The third kappa shape index (κ3) is 4.71. The van der Waals surface area contributed by atoms with Crippen LogP contribution in [-0.2, 0) is 4.79 Å². The van der Waals surface area contributed by atoms with Crippen molar-refractivity contribution >= 4 is 22.8 Å². The summed E-state index contributed by atoms with van der Waals surface area (Å²) in [6, 6.07) is 19.7. The largest absolute Gasteiger partial charge is 0.457 e. The number of ether oxygens (including phenoxy) is 1. The number of carbonyl (C=O) groups is 1. The molecule has 0 radical (unpaired) electrons. The lowest BCUT2D eigenvalue weighted by Crippen LogP contribution is -2.41. The van der Waals surface area contributed by atoms with E-state index in [1.807, 2.05) is 60.7 Å². The van der Waals surface area contributed by atoms with Crippen LogP contribution in [0.2, 0.25) is 0 Å². The lowest BCUT2D eigenvalue weighted by Gasteiger charge is -2.33. The van der Waals surface area contributed by atoms with Gasteiger partial charge in [0, 0.05) is 24.8 Å². The Labute approximate surface area is 221 Å². The van der Waals surface area contributed by atoms with Crippen molar-refractivity contribution in [3.8, 4) is 28.7 Å². The van der Waals surface area contributed by atoms with Crippen molar-refractivity contribution in [1.29, 1.82) is 5.26 Å². The zero-order valence-corrected chi connectivity index (χ0v) is 21.0. The molecular weight excluding hydrogens is 476 g/mol. The number of piperidine rings is 1. The summed E-state index contributed by atoms with van der Waals surface area (Å²) < 4.78 is 8.07. The van der Waals surface area contributed by atoms with Crippen LogP contribution in [0.25, 0.3) is 22.2 Å². The molecule has 4 aromatic rings. The van der Waals surface area contributed by atoms with Crippen LogP contribution in [0, 0.1) is 17.2 Å². The molecule has 0 spiro atoms. The van der Waals surface area contributed by atoms with Gasteiger partial charge in [-0.15, -0.1) is 0 Å². The number of fused-ring (bicyclic) bond motifs is 1. The standard InChI is InChI=1S/C30H28N6O2/c31-16-22(15-20-8-9-20)30(37)35-14-4-5-23(17-35)36-18-26(27-28(32)33-19-34-29(27)36)21-10-12-25(13-11-21)38-24-6-2-1-3-7-24/h1-3,6-7,10-13,15,18-20,23H,4-5,8-9,14,17H2,(H2,32,33,34)/b22-15+. The molecule has 1 aliphatic heterocycles. The van der Waals surface area contributed by atoms with Gasteiger partial charge >= 0.3 is 0 Å². The fraction of sp³-hybridized carbons (Fsp3) is 0.267. The number of nitrogen functional groups attached to an aromatic ring is 1. The SMILES string of the molecule is N#C/C(=C\C1CC1)C(=O)N1CCCC(n2cc(-c3ccc(Oc4ccccc4)cc3)c3c(N)ncnc32)C1. The van der Waals surface area contributed by atoms with Crippen molar-refractivity contribution in [1.82, 2.24) is 19.4 Å². The highest BCUT2D eigenvalue weighted by Crippen LogP contribution is 2.37. The van der Waals surface area contributed by atoms with Crippen LogP contribution in [-0.4, -0.2) is 38.4 Å². The highest BCUT2D eigenvalue weighted by Gasteiger charge is 2.30. The van der Waals surface area contributed by atoms with Gasteiger partial charge in [0.25, 0.3) is 5.91 Å². The van der Waals surface area contributed by atoms with Crippen LogP contribution in [0.3, 0.4) is 0 Å². The number of nitrogens with zero attached hydrogens (tertiary/aromatic N) is 5. The molecule has 2 N–H and O–H groups in total. The summed E-state index contributed by atoms with van der Waals surface area (Å²) >= 11 is 0. The second-order valence-corrected chi connectivity index (χ2v) is 9.92. The highest BCUT2D eigenvalue weighted by molar-refractivity contribution is 6.01. The van der Waals surface area contributed by atoms with E-state index in [9.17, 15) is 10.1 Å². The summed E-state index contributed by atoms with van der Waals surface area (Å²) in [7, 11) is 0. The maximum atomic E-state index is 13.1. The lowest BCUT2D eigenvalue weighted by molar-refractivity contribution is -0.128. The van der Waals surface area contributed by atoms with Gasteiger partial charge in [-0.25, -0.2) is 9.97 Å². The van der Waals surface area contributed by atoms with Gasteiger partial charge in [-0.3, -0.25) is 4.79 Å². The van der Waals surface area contributed by atoms with E-state index in [1.165, 1.54) is 6.33 Å². The molecule has 8 nitrogen and oxygen atoms in total. The number of rotatable bonds is 6. The zero-order valence-electron chi connectivity index (χ0n) is 21.0. The third-order valence-electron chi connectivity index (χ3n) is 7.24. The van der Waals surface area contributed by atoms with Crippen molar-refractivity contribution in [3.05, 3.63) is 78.8 Å². The maximum Gasteiger partial charge on any atom is 0.264 e. The van der Waals surface area contributed by atoms with Gasteiger partial charge in [0.05, 0.1) is 11.4 Å². The molecule has 2 aliphatic rings. The first-order chi connectivity index (χ1) is 18.6. The second kappa shape index (κ2) is 10.0. The van der Waals surface area contributed by atoms with Crippen LogP contribution >= 0.6 is 0 Å². The molecule has 6 rings (SSSR count). The normalized spacial score (nSPS) is 17.8. The Kier molecular flexibility index (Phi) is 6.26. The van der Waals surface area contributed by atoms with Crippen LogP contribution < -0.4 is 10.5 Å². The Morgan fingerprint density at radius 1 is 1.05 bits per heavy atom. The van der Waals surface area contributed by atoms with E-state index in [0.29, 0.717) is 24.8 Å². The first-order valence-electron chi connectivity index (χ1n) is 13.0. The third-order valence-corrected chi connectivity index (χ3v) is 7.24. The Hall–Kier alpha value is -4.64. The quantitative estimate of drug-likeness (QED) is 0.274. The van der Waals surface area contributed by atoms with E-state index >= 15 is 0 Å². The monoisotopic (exact) mass is 504 g/mol. The van der Waals surface area contributed by atoms with E-state index in [-0.39, 0.29) is 17.5 Å². The lowest BCUT2D eigenvalue weighted by atomic mass is 10.0. The van der Waals surface area contributed by atoms with Gasteiger partial charge in [0.15, 0.2) is 0 Å². The molecule has 3 heterocycles. The molecular formula is C30H28N6O2. The predicted molar refractivity (Wildman–Crippen MR) is 145 cm³/mol. The molecule has 1 saturated carbocycles. The Morgan fingerprint density at radius 3 is 2.55 bits per heavy atom. The number of allylic oxidation sites excluding steroid dienone is 1. The molecule has 1 atom stereocenters. The van der Waals surface area contributed by atoms with E-state index in [2.05, 4.69) is 26.8 Å². The van der Waals surface area contributed by atoms with Gasteiger partial charge in [0.1, 0.15) is 40.9 Å². The van der Waals surface area contributed by atoms with E-state index in [4.69, 9.17) is 10.5 Å². The molecule has 1 aliphatic carbocycles. The number of anilines is 1. The summed E-state index contributed by atoms with van der Waals surface area (Å²) in [5.74, 6) is 2.12. The number of aromatic nitrogens is 3. The molecule has 2 aromatic carbocycles. The summed E-state index contributed by atoms with van der Waals surface area (Å²) in [6.45, 7) is 1.16. The minimum Gasteiger partial charge on any atom is -0.457 e. The van der Waals surface area contributed by atoms with Crippen LogP contribution in [0.15, 0.2) is 78.8 Å². The molecule has 38 heavy (non-hydrogen) atoms. The average molecular weight is 505 g/mol. The molecule has 1 unspecified atom stereocenters. The number of likely N-dealkylation sites (tertiary alicyclic amines) is 1. The minimum atomic E-state index is -0.177. The fourth-order valence-electron chi connectivity index (χ4n) is 5.12. The Bertz CT molecular complexity index is 1550. The maximum absolute atomic E-state index is 13.1. The number of nitrogens with two attached hydrogens (primary N) is 1. The van der Waals surface area contributed by atoms with E-state index in [1.54, 1.807) is 4.90 Å². The average Bonchev–Trinajstić information content (AvgIpc) is 3.69. The Morgan fingerprint density at radius 2 is 1.82 bits per heavy atom. The summed E-state index contributed by atoms with van der Waals surface area (Å²) in [5.41, 5.74) is 9.26. The molecule has 8 heteroatoms. The topological polar surface area (TPSA) is 110 Å². The van der Waals surface area contributed by atoms with Gasteiger partial charge < -0.3 is 19.9 Å². The molecule has 2 aromatic heterocycles.